The van der Waals surface area contributed by atoms with Gasteiger partial charge >= 0.3 is 0 Å². The SMILES string of the molecule is Cc1ccccc1-n1ncc2c(=O)n(CC[NH+]3CCCCC3)cnc21. The molecule has 1 N–H and O–H groups in total. The average Bonchev–Trinajstić information content (AvgIpc) is 3.07. The van der Waals surface area contributed by atoms with Gasteiger partial charge in [-0.2, -0.15) is 5.10 Å². The lowest BCUT2D eigenvalue weighted by Crippen LogP contribution is -3.13. The normalized spacial score (nSPS) is 15.7. The van der Waals surface area contributed by atoms with Crippen molar-refractivity contribution in [3.05, 3.63) is 52.7 Å². The minimum Gasteiger partial charge on any atom is -0.333 e. The Morgan fingerprint density at radius 2 is 1.96 bits per heavy atom. The number of hydrogen-bond acceptors (Lipinski definition) is 3. The molecule has 6 heteroatoms. The number of aromatic nitrogens is 4. The zero-order valence-corrected chi connectivity index (χ0v) is 14.6. The van der Waals surface area contributed by atoms with Crippen LogP contribution in [0.25, 0.3) is 16.7 Å². The van der Waals surface area contributed by atoms with Crippen LogP contribution in [-0.4, -0.2) is 39.0 Å². The van der Waals surface area contributed by atoms with E-state index in [0.29, 0.717) is 17.6 Å². The third kappa shape index (κ3) is 3.09. The number of hydrogen-bond donors (Lipinski definition) is 1. The van der Waals surface area contributed by atoms with E-state index in [1.54, 1.807) is 26.7 Å². The second-order valence-electron chi connectivity index (χ2n) is 6.88. The highest BCUT2D eigenvalue weighted by Crippen LogP contribution is 2.16. The molecule has 0 saturated carbocycles. The maximum Gasteiger partial charge on any atom is 0.264 e. The molecule has 3 aromatic rings. The van der Waals surface area contributed by atoms with E-state index >= 15 is 0 Å². The summed E-state index contributed by atoms with van der Waals surface area (Å²) in [5, 5.41) is 5.00. The van der Waals surface area contributed by atoms with Crippen molar-refractivity contribution in [2.45, 2.75) is 32.7 Å². The van der Waals surface area contributed by atoms with Gasteiger partial charge in [-0.3, -0.25) is 9.36 Å². The number of para-hydroxylation sites is 1. The van der Waals surface area contributed by atoms with Crippen molar-refractivity contribution in [3.8, 4) is 5.69 Å². The van der Waals surface area contributed by atoms with E-state index in [1.807, 2.05) is 31.2 Å². The van der Waals surface area contributed by atoms with Crippen molar-refractivity contribution in [2.75, 3.05) is 19.6 Å². The largest absolute Gasteiger partial charge is 0.333 e. The molecule has 0 amide bonds. The molecule has 4 rings (SSSR count). The Kier molecular flexibility index (Phi) is 4.36. The van der Waals surface area contributed by atoms with Gasteiger partial charge in [0.05, 0.1) is 38.1 Å². The number of nitrogens with one attached hydrogen (secondary N) is 1. The van der Waals surface area contributed by atoms with Crippen molar-refractivity contribution in [1.82, 2.24) is 19.3 Å². The lowest BCUT2D eigenvalue weighted by atomic mass is 10.1. The molecule has 3 heterocycles. The number of likely N-dealkylation sites (tertiary alicyclic amines) is 1. The lowest BCUT2D eigenvalue weighted by molar-refractivity contribution is -0.905. The molecule has 0 radical (unpaired) electrons. The van der Waals surface area contributed by atoms with Crippen LogP contribution in [0.15, 0.2) is 41.6 Å². The molecule has 0 atom stereocenters. The smallest absolute Gasteiger partial charge is 0.264 e. The predicted octanol–water partition coefficient (Wildman–Crippen LogP) is 0.959. The van der Waals surface area contributed by atoms with Crippen LogP contribution in [-0.2, 0) is 6.54 Å². The Morgan fingerprint density at radius 1 is 1.16 bits per heavy atom. The molecule has 0 spiro atoms. The van der Waals surface area contributed by atoms with Crippen LogP contribution in [0.2, 0.25) is 0 Å². The fourth-order valence-corrected chi connectivity index (χ4v) is 3.67. The highest BCUT2D eigenvalue weighted by atomic mass is 16.1. The molecule has 130 valence electrons. The minimum absolute atomic E-state index is 0.00115. The summed E-state index contributed by atoms with van der Waals surface area (Å²) >= 11 is 0. The summed E-state index contributed by atoms with van der Waals surface area (Å²) in [6.07, 6.45) is 7.25. The predicted molar refractivity (Wildman–Crippen MR) is 97.3 cm³/mol. The highest BCUT2D eigenvalue weighted by molar-refractivity contribution is 5.75. The number of nitrogens with zero attached hydrogens (tertiary/aromatic N) is 4. The molecular weight excluding hydrogens is 314 g/mol. The van der Waals surface area contributed by atoms with Gasteiger partial charge in [-0.05, 0) is 37.8 Å². The van der Waals surface area contributed by atoms with Crippen LogP contribution in [0.5, 0.6) is 0 Å². The number of piperidine rings is 1. The monoisotopic (exact) mass is 338 g/mol. The second kappa shape index (κ2) is 6.80. The van der Waals surface area contributed by atoms with Gasteiger partial charge < -0.3 is 4.90 Å². The molecular formula is C19H24N5O+. The van der Waals surface area contributed by atoms with Gasteiger partial charge in [0.25, 0.3) is 5.56 Å². The minimum atomic E-state index is 0.00115. The van der Waals surface area contributed by atoms with Gasteiger partial charge in [-0.1, -0.05) is 18.2 Å². The average molecular weight is 338 g/mol. The Morgan fingerprint density at radius 3 is 2.76 bits per heavy atom. The summed E-state index contributed by atoms with van der Waals surface area (Å²) in [5.41, 5.74) is 2.69. The molecule has 0 aliphatic carbocycles. The summed E-state index contributed by atoms with van der Waals surface area (Å²) < 4.78 is 3.49. The molecule has 25 heavy (non-hydrogen) atoms. The molecule has 0 bridgehead atoms. The highest BCUT2D eigenvalue weighted by Gasteiger charge is 2.16. The fourth-order valence-electron chi connectivity index (χ4n) is 3.67. The third-order valence-corrected chi connectivity index (χ3v) is 5.17. The molecule has 2 aromatic heterocycles. The number of benzene rings is 1. The first-order valence-electron chi connectivity index (χ1n) is 9.07. The standard InChI is InChI=1S/C19H23N5O/c1-15-7-3-4-8-17(15)24-18-16(13-21-24)19(25)23(14-20-18)12-11-22-9-5-2-6-10-22/h3-4,7-8,13-14H,2,5-6,9-12H2,1H3/p+1. The number of quaternary nitrogens is 1. The van der Waals surface area contributed by atoms with E-state index < -0.39 is 0 Å². The summed E-state index contributed by atoms with van der Waals surface area (Å²) in [5.74, 6) is 0. The maximum absolute atomic E-state index is 12.8. The Hall–Kier alpha value is -2.47. The fraction of sp³-hybridized carbons (Fsp3) is 0.421. The first-order chi connectivity index (χ1) is 12.2. The lowest BCUT2D eigenvalue weighted by Gasteiger charge is -2.23. The molecule has 1 aromatic carbocycles. The molecule has 1 saturated heterocycles. The molecule has 1 aliphatic rings. The van der Waals surface area contributed by atoms with Crippen molar-refractivity contribution in [3.63, 3.8) is 0 Å². The second-order valence-corrected chi connectivity index (χ2v) is 6.88. The van der Waals surface area contributed by atoms with Crippen LogP contribution in [0.3, 0.4) is 0 Å². The van der Waals surface area contributed by atoms with Crippen LogP contribution < -0.4 is 10.5 Å². The summed E-state index contributed by atoms with van der Waals surface area (Å²) in [4.78, 5) is 18.9. The maximum atomic E-state index is 12.8. The van der Waals surface area contributed by atoms with Crippen molar-refractivity contribution in [1.29, 1.82) is 0 Å². The van der Waals surface area contributed by atoms with E-state index in [4.69, 9.17) is 0 Å². The van der Waals surface area contributed by atoms with Crippen molar-refractivity contribution in [2.24, 2.45) is 0 Å². The van der Waals surface area contributed by atoms with Gasteiger partial charge in [0.2, 0.25) is 0 Å². The van der Waals surface area contributed by atoms with E-state index in [-0.39, 0.29) is 5.56 Å². The summed E-state index contributed by atoms with van der Waals surface area (Å²) in [7, 11) is 0. The first-order valence-corrected chi connectivity index (χ1v) is 9.07. The number of rotatable bonds is 4. The van der Waals surface area contributed by atoms with E-state index in [2.05, 4.69) is 10.1 Å². The zero-order valence-electron chi connectivity index (χ0n) is 14.6. The van der Waals surface area contributed by atoms with Gasteiger partial charge in [-0.25, -0.2) is 9.67 Å². The Balaban J connectivity index is 1.63. The third-order valence-electron chi connectivity index (χ3n) is 5.17. The van der Waals surface area contributed by atoms with Crippen LogP contribution >= 0.6 is 0 Å². The van der Waals surface area contributed by atoms with Crippen LogP contribution in [0.4, 0.5) is 0 Å². The number of fused-ring (bicyclic) bond motifs is 1. The quantitative estimate of drug-likeness (QED) is 0.771. The molecule has 1 fully saturated rings. The summed E-state index contributed by atoms with van der Waals surface area (Å²) in [6.45, 7) is 6.17. The van der Waals surface area contributed by atoms with Gasteiger partial charge in [0.1, 0.15) is 11.7 Å². The Labute approximate surface area is 146 Å². The van der Waals surface area contributed by atoms with Crippen molar-refractivity contribution >= 4 is 11.0 Å². The molecule has 0 unspecified atom stereocenters. The zero-order chi connectivity index (χ0) is 17.2. The van der Waals surface area contributed by atoms with Crippen molar-refractivity contribution < 1.29 is 4.90 Å². The topological polar surface area (TPSA) is 57.1 Å². The van der Waals surface area contributed by atoms with E-state index in [1.165, 1.54) is 32.4 Å². The van der Waals surface area contributed by atoms with E-state index in [0.717, 1.165) is 17.8 Å². The number of aryl methyl sites for hydroxylation is 1. The van der Waals surface area contributed by atoms with Crippen LogP contribution in [0.1, 0.15) is 24.8 Å². The molecule has 1 aliphatic heterocycles. The first kappa shape index (κ1) is 16.0. The van der Waals surface area contributed by atoms with Crippen LogP contribution in [0, 0.1) is 6.92 Å². The van der Waals surface area contributed by atoms with Gasteiger partial charge in [0, 0.05) is 0 Å². The Bertz CT molecular complexity index is 936. The molecule has 6 nitrogen and oxygen atoms in total. The van der Waals surface area contributed by atoms with Gasteiger partial charge in [-0.15, -0.1) is 0 Å². The van der Waals surface area contributed by atoms with E-state index in [9.17, 15) is 4.79 Å². The van der Waals surface area contributed by atoms with Gasteiger partial charge in [0.15, 0.2) is 5.65 Å². The summed E-state index contributed by atoms with van der Waals surface area (Å²) in [6, 6.07) is 7.99.